The van der Waals surface area contributed by atoms with Crippen LogP contribution in [0.2, 0.25) is 0 Å². The quantitative estimate of drug-likeness (QED) is 0.711. The molecule has 1 aromatic carbocycles. The highest BCUT2D eigenvalue weighted by atomic mass is 16.5. The van der Waals surface area contributed by atoms with Crippen LogP contribution in [0.15, 0.2) is 24.3 Å². The van der Waals surface area contributed by atoms with Crippen LogP contribution in [0.25, 0.3) is 10.9 Å². The lowest BCUT2D eigenvalue weighted by atomic mass is 9.96. The zero-order valence-corrected chi connectivity index (χ0v) is 17.0. The number of nitrogens with one attached hydrogen (secondary N) is 1. The van der Waals surface area contributed by atoms with E-state index in [0.717, 1.165) is 35.0 Å². The van der Waals surface area contributed by atoms with E-state index < -0.39 is 5.97 Å². The first kappa shape index (κ1) is 20.9. The molecule has 0 aliphatic heterocycles. The predicted octanol–water partition coefficient (Wildman–Crippen LogP) is 4.07. The van der Waals surface area contributed by atoms with Gasteiger partial charge in [-0.05, 0) is 37.3 Å². The number of fused-ring (bicyclic) bond motifs is 1. The summed E-state index contributed by atoms with van der Waals surface area (Å²) >= 11 is 0. The maximum absolute atomic E-state index is 12.9. The number of rotatable bonds is 8. The van der Waals surface area contributed by atoms with Gasteiger partial charge in [-0.15, -0.1) is 0 Å². The molecule has 1 atom stereocenters. The number of hydrogen-bond acceptors (Lipinski definition) is 4. The average Bonchev–Trinajstić information content (AvgIpc) is 2.65. The van der Waals surface area contributed by atoms with Crippen LogP contribution >= 0.6 is 0 Å². The maximum atomic E-state index is 12.9. The van der Waals surface area contributed by atoms with E-state index in [2.05, 4.69) is 12.2 Å². The molecule has 0 fully saturated rings. The monoisotopic (exact) mass is 370 g/mol. The zero-order chi connectivity index (χ0) is 20.0. The van der Waals surface area contributed by atoms with Gasteiger partial charge in [-0.25, -0.2) is 4.79 Å². The Kier molecular flexibility index (Phi) is 7.34. The summed E-state index contributed by atoms with van der Waals surface area (Å²) < 4.78 is 5.38. The highest BCUT2D eigenvalue weighted by Gasteiger charge is 2.21. The number of benzene rings is 1. The van der Waals surface area contributed by atoms with Gasteiger partial charge in [-0.1, -0.05) is 52.3 Å². The van der Waals surface area contributed by atoms with Gasteiger partial charge in [-0.2, -0.15) is 0 Å². The number of esters is 1. The molecule has 1 N–H and O–H groups in total. The number of aryl methyl sites for hydroxylation is 1. The van der Waals surface area contributed by atoms with Gasteiger partial charge in [0.25, 0.3) is 5.91 Å². The van der Waals surface area contributed by atoms with Crippen LogP contribution < -0.4 is 5.32 Å². The molecule has 0 saturated heterocycles. The Hall–Kier alpha value is -2.43. The summed E-state index contributed by atoms with van der Waals surface area (Å²) in [5.41, 5.74) is 3.17. The standard InChI is InChI=1S/C22H30N2O3/c1-6-10-18-16(7-2)21(17-11-8-9-12-19(17)24-18)22(26)27-13-20(25)23-15(5)14(3)4/h8-9,11-12,14-15H,6-7,10,13H2,1-5H3,(H,23,25). The van der Waals surface area contributed by atoms with Gasteiger partial charge < -0.3 is 10.1 Å². The third-order valence-corrected chi connectivity index (χ3v) is 4.85. The fraction of sp³-hybridized carbons (Fsp3) is 0.500. The van der Waals surface area contributed by atoms with Crippen molar-refractivity contribution in [1.29, 1.82) is 0 Å². The number of carbonyl (C=O) groups excluding carboxylic acids is 2. The minimum atomic E-state index is -0.463. The summed E-state index contributed by atoms with van der Waals surface area (Å²) in [7, 11) is 0. The molecule has 2 rings (SSSR count). The molecular formula is C22H30N2O3. The SMILES string of the molecule is CCCc1nc2ccccc2c(C(=O)OCC(=O)NC(C)C(C)C)c1CC. The van der Waals surface area contributed by atoms with Crippen LogP contribution in [-0.4, -0.2) is 29.5 Å². The minimum Gasteiger partial charge on any atom is -0.452 e. The van der Waals surface area contributed by atoms with E-state index in [-0.39, 0.29) is 18.6 Å². The predicted molar refractivity (Wildman–Crippen MR) is 108 cm³/mol. The highest BCUT2D eigenvalue weighted by molar-refractivity contribution is 6.05. The van der Waals surface area contributed by atoms with Crippen molar-refractivity contribution in [2.75, 3.05) is 6.61 Å². The molecule has 1 amide bonds. The highest BCUT2D eigenvalue weighted by Crippen LogP contribution is 2.26. The number of aromatic nitrogens is 1. The van der Waals surface area contributed by atoms with E-state index >= 15 is 0 Å². The van der Waals surface area contributed by atoms with Gasteiger partial charge in [0.05, 0.1) is 11.1 Å². The lowest BCUT2D eigenvalue weighted by molar-refractivity contribution is -0.125. The Bertz CT molecular complexity index is 815. The number of ether oxygens (including phenoxy) is 1. The van der Waals surface area contributed by atoms with Crippen molar-refractivity contribution in [2.24, 2.45) is 5.92 Å². The number of hydrogen-bond donors (Lipinski definition) is 1. The molecule has 1 aromatic heterocycles. The topological polar surface area (TPSA) is 68.3 Å². The van der Waals surface area contributed by atoms with Crippen LogP contribution in [-0.2, 0) is 22.4 Å². The Morgan fingerprint density at radius 1 is 1.15 bits per heavy atom. The molecule has 2 aromatic rings. The van der Waals surface area contributed by atoms with Crippen LogP contribution in [0.4, 0.5) is 0 Å². The second-order valence-corrected chi connectivity index (χ2v) is 7.21. The summed E-state index contributed by atoms with van der Waals surface area (Å²) in [6.45, 7) is 9.82. The molecule has 27 heavy (non-hydrogen) atoms. The van der Waals surface area contributed by atoms with E-state index in [0.29, 0.717) is 17.9 Å². The number of amides is 1. The summed E-state index contributed by atoms with van der Waals surface area (Å²) in [4.78, 5) is 29.7. The number of para-hydroxylation sites is 1. The van der Waals surface area contributed by atoms with E-state index in [9.17, 15) is 9.59 Å². The first-order chi connectivity index (χ1) is 12.9. The molecule has 146 valence electrons. The van der Waals surface area contributed by atoms with Gasteiger partial charge in [0.2, 0.25) is 0 Å². The average molecular weight is 370 g/mol. The smallest absolute Gasteiger partial charge is 0.339 e. The number of pyridine rings is 1. The third kappa shape index (κ3) is 5.06. The summed E-state index contributed by atoms with van der Waals surface area (Å²) in [6, 6.07) is 7.61. The van der Waals surface area contributed by atoms with Crippen molar-refractivity contribution in [3.63, 3.8) is 0 Å². The third-order valence-electron chi connectivity index (χ3n) is 4.85. The molecule has 0 saturated carbocycles. The fourth-order valence-electron chi connectivity index (χ4n) is 3.03. The van der Waals surface area contributed by atoms with Crippen molar-refractivity contribution in [3.05, 3.63) is 41.1 Å². The Morgan fingerprint density at radius 2 is 1.85 bits per heavy atom. The largest absolute Gasteiger partial charge is 0.452 e. The second-order valence-electron chi connectivity index (χ2n) is 7.21. The summed E-state index contributed by atoms with van der Waals surface area (Å²) in [5, 5.41) is 3.63. The Morgan fingerprint density at radius 3 is 2.48 bits per heavy atom. The van der Waals surface area contributed by atoms with Gasteiger partial charge in [0.15, 0.2) is 6.61 Å². The number of nitrogens with zero attached hydrogens (tertiary/aromatic N) is 1. The van der Waals surface area contributed by atoms with E-state index in [1.54, 1.807) is 0 Å². The minimum absolute atomic E-state index is 0.0281. The zero-order valence-electron chi connectivity index (χ0n) is 17.0. The molecule has 5 heteroatoms. The van der Waals surface area contributed by atoms with Crippen LogP contribution in [0, 0.1) is 5.92 Å². The number of carbonyl (C=O) groups is 2. The van der Waals surface area contributed by atoms with Crippen molar-refractivity contribution in [3.8, 4) is 0 Å². The maximum Gasteiger partial charge on any atom is 0.339 e. The molecule has 5 nitrogen and oxygen atoms in total. The molecular weight excluding hydrogens is 340 g/mol. The van der Waals surface area contributed by atoms with E-state index in [1.165, 1.54) is 0 Å². The summed E-state index contributed by atoms with van der Waals surface area (Å²) in [5.74, 6) is -0.429. The van der Waals surface area contributed by atoms with Gasteiger partial charge in [-0.3, -0.25) is 9.78 Å². The first-order valence-corrected chi connectivity index (χ1v) is 9.75. The van der Waals surface area contributed by atoms with Crippen LogP contribution in [0.5, 0.6) is 0 Å². The lowest BCUT2D eigenvalue weighted by Gasteiger charge is -2.18. The van der Waals surface area contributed by atoms with E-state index in [4.69, 9.17) is 9.72 Å². The van der Waals surface area contributed by atoms with Crippen molar-refractivity contribution < 1.29 is 14.3 Å². The Balaban J connectivity index is 2.30. The van der Waals surface area contributed by atoms with Crippen molar-refractivity contribution >= 4 is 22.8 Å². The molecule has 0 spiro atoms. The van der Waals surface area contributed by atoms with Gasteiger partial charge in [0.1, 0.15) is 0 Å². The van der Waals surface area contributed by atoms with Gasteiger partial charge in [0, 0.05) is 17.1 Å². The molecule has 0 radical (unpaired) electrons. The Labute approximate surface area is 161 Å². The molecule has 1 unspecified atom stereocenters. The first-order valence-electron chi connectivity index (χ1n) is 9.75. The molecule has 0 bridgehead atoms. The summed E-state index contributed by atoms with van der Waals surface area (Å²) in [6.07, 6.45) is 2.44. The van der Waals surface area contributed by atoms with Crippen LogP contribution in [0.1, 0.15) is 62.7 Å². The second kappa shape index (κ2) is 9.49. The molecule has 0 aliphatic rings. The van der Waals surface area contributed by atoms with Crippen LogP contribution in [0.3, 0.4) is 0 Å². The lowest BCUT2D eigenvalue weighted by Crippen LogP contribution is -2.38. The van der Waals surface area contributed by atoms with Crippen molar-refractivity contribution in [1.82, 2.24) is 10.3 Å². The normalized spacial score (nSPS) is 12.2. The van der Waals surface area contributed by atoms with Crippen molar-refractivity contribution in [2.45, 2.75) is 59.9 Å². The molecule has 1 heterocycles. The van der Waals surface area contributed by atoms with E-state index in [1.807, 2.05) is 52.0 Å². The fourth-order valence-corrected chi connectivity index (χ4v) is 3.03. The van der Waals surface area contributed by atoms with Gasteiger partial charge >= 0.3 is 5.97 Å². The molecule has 0 aliphatic carbocycles.